The van der Waals surface area contributed by atoms with Crippen LogP contribution in [0.4, 0.5) is 24.8 Å². The molecule has 13 rings (SSSR count). The molecule has 0 amide bonds. The van der Waals surface area contributed by atoms with Gasteiger partial charge in [-0.25, -0.2) is 28.1 Å². The number of fused-ring (bicyclic) bond motifs is 3. The summed E-state index contributed by atoms with van der Waals surface area (Å²) < 4.78 is 81.5. The van der Waals surface area contributed by atoms with Crippen molar-refractivity contribution in [3.05, 3.63) is 155 Å². The number of pyridine rings is 3. The number of hydrogen-bond acceptors (Lipinski definition) is 17. The number of aromatic nitrogens is 11. The Balaban J connectivity index is 0.000000133. The summed E-state index contributed by atoms with van der Waals surface area (Å²) in [5.41, 5.74) is 14.2. The lowest BCUT2D eigenvalue weighted by Crippen LogP contribution is -2.41. The molecule has 88 heavy (non-hydrogen) atoms. The molecule has 0 radical (unpaired) electrons. The maximum absolute atomic E-state index is 14.4. The van der Waals surface area contributed by atoms with Crippen LogP contribution in [-0.4, -0.2) is 109 Å². The fraction of sp³-hybridized carbons (Fsp3) is 0.328. The van der Waals surface area contributed by atoms with Crippen molar-refractivity contribution in [3.63, 3.8) is 0 Å². The van der Waals surface area contributed by atoms with Crippen LogP contribution in [0.25, 0.3) is 66.7 Å². The van der Waals surface area contributed by atoms with Gasteiger partial charge in [-0.1, -0.05) is 51.8 Å². The molecular weight excluding hydrogens is 1220 g/mol. The Morgan fingerprint density at radius 2 is 0.875 bits per heavy atom. The smallest absolute Gasteiger partial charge is 0.405 e. The van der Waals surface area contributed by atoms with Gasteiger partial charge in [-0.2, -0.15) is 10.2 Å². The Bertz CT molecular complexity index is 4100. The first kappa shape index (κ1) is 65.0. The van der Waals surface area contributed by atoms with Crippen LogP contribution in [0.1, 0.15) is 83.1 Å². The van der Waals surface area contributed by atoms with E-state index in [4.69, 9.17) is 51.0 Å². The third-order valence-corrected chi connectivity index (χ3v) is 16.7. The number of nitrogens with zero attached hydrogens (tertiary/aromatic N) is 11. The molecule has 0 spiro atoms. The molecule has 3 fully saturated rings. The van der Waals surface area contributed by atoms with Crippen molar-refractivity contribution >= 4 is 98.5 Å². The molecule has 0 saturated carbocycles. The van der Waals surface area contributed by atoms with Crippen LogP contribution in [0.2, 0.25) is 5.15 Å². The van der Waals surface area contributed by atoms with Gasteiger partial charge < -0.3 is 39.4 Å². The zero-order valence-electron chi connectivity index (χ0n) is 51.3. The van der Waals surface area contributed by atoms with Gasteiger partial charge in [0.25, 0.3) is 0 Å². The van der Waals surface area contributed by atoms with Crippen LogP contribution < -0.4 is 16.9 Å². The zero-order valence-corrected chi connectivity index (χ0v) is 53.6. The maximum atomic E-state index is 14.4. The van der Waals surface area contributed by atoms with E-state index in [9.17, 15) is 13.2 Å². The number of aryl methyl sites for hydroxylation is 2. The number of anilines is 2. The number of benzene rings is 3. The maximum Gasteiger partial charge on any atom is 0.494 e. The minimum Gasteiger partial charge on any atom is -0.405 e. The number of halogens is 5. The largest absolute Gasteiger partial charge is 0.494 e. The normalized spacial score (nSPS) is 17.3. The van der Waals surface area contributed by atoms with E-state index in [0.29, 0.717) is 72.4 Å². The Morgan fingerprint density at radius 1 is 0.477 bits per heavy atom. The lowest BCUT2D eigenvalue weighted by molar-refractivity contribution is 0.00578. The summed E-state index contributed by atoms with van der Waals surface area (Å²) in [4.78, 5) is 28.7. The van der Waals surface area contributed by atoms with Gasteiger partial charge in [-0.05, 0) is 149 Å². The van der Waals surface area contributed by atoms with E-state index in [-0.39, 0.29) is 39.9 Å². The minimum atomic E-state index is -0.556. The fourth-order valence-electron chi connectivity index (χ4n) is 9.11. The van der Waals surface area contributed by atoms with E-state index in [0.717, 1.165) is 15.2 Å². The van der Waals surface area contributed by atoms with Gasteiger partial charge in [0.05, 0.1) is 51.7 Å². The topological polar surface area (TPSA) is 233 Å². The molecule has 0 bridgehead atoms. The van der Waals surface area contributed by atoms with E-state index in [2.05, 4.69) is 61.0 Å². The molecule has 0 aliphatic carbocycles. The van der Waals surface area contributed by atoms with Crippen LogP contribution in [0, 0.1) is 17.5 Å². The molecule has 4 N–H and O–H groups in total. The molecular formula is C61H67B3BrClF3N13O6. The summed E-state index contributed by atoms with van der Waals surface area (Å²) in [7, 11) is 2.12. The third kappa shape index (κ3) is 14.2. The zero-order chi connectivity index (χ0) is 63.9. The van der Waals surface area contributed by atoms with Gasteiger partial charge in [-0.15, -0.1) is 0 Å². The predicted octanol–water partition coefficient (Wildman–Crippen LogP) is 12.0. The van der Waals surface area contributed by atoms with Crippen molar-refractivity contribution in [1.29, 1.82) is 0 Å². The van der Waals surface area contributed by atoms with Crippen molar-refractivity contribution < 1.29 is 41.1 Å². The van der Waals surface area contributed by atoms with Crippen LogP contribution >= 0.6 is 27.5 Å². The molecule has 19 nitrogen and oxygen atoms in total. The Morgan fingerprint density at radius 3 is 1.34 bits per heavy atom. The summed E-state index contributed by atoms with van der Waals surface area (Å²) in [6.07, 6.45) is 11.2. The van der Waals surface area contributed by atoms with Crippen LogP contribution in [0.15, 0.2) is 133 Å². The average Bonchev–Trinajstić information content (AvgIpc) is 2.79. The molecule has 7 aromatic heterocycles. The van der Waals surface area contributed by atoms with Gasteiger partial charge >= 0.3 is 21.1 Å². The number of nitrogen functional groups attached to an aromatic ring is 2. The quantitative estimate of drug-likeness (QED) is 0.152. The molecule has 10 aromatic rings. The number of nitrogens with two attached hydrogens (primary N) is 2. The summed E-state index contributed by atoms with van der Waals surface area (Å²) in [6, 6.07) is 24.2. The summed E-state index contributed by atoms with van der Waals surface area (Å²) >= 11 is 9.08. The molecule has 27 heteroatoms. The number of rotatable bonds is 5. The van der Waals surface area contributed by atoms with Crippen molar-refractivity contribution in [3.8, 4) is 34.0 Å². The van der Waals surface area contributed by atoms with Crippen molar-refractivity contribution in [2.45, 2.75) is 117 Å². The molecule has 10 heterocycles. The summed E-state index contributed by atoms with van der Waals surface area (Å²) in [6.45, 7) is 24.1. The monoisotopic (exact) mass is 1280 g/mol. The minimum absolute atomic E-state index is 0.280. The van der Waals surface area contributed by atoms with Crippen molar-refractivity contribution in [1.82, 2.24) is 54.4 Å². The predicted molar refractivity (Wildman–Crippen MR) is 342 cm³/mol. The first-order chi connectivity index (χ1) is 41.2. The number of hydrogen-bond donors (Lipinski definition) is 2. The fourth-order valence-corrected chi connectivity index (χ4v) is 9.74. The molecule has 3 aliphatic heterocycles. The first-order valence-electron chi connectivity index (χ1n) is 28.0. The SMILES string of the molecule is CC1(C)OB(B2OC(C)(C)C(C)(C)O2)OC1(C)C.CC1(C)OB(c2cc(F)c3ncccc3c2)OC1(C)C.Cn1ccc(-c2nc(N)cnc2-c2cc(F)c3ncccc3c2)n1.Cn1ccc(-c2nc(N)cnc2Cl)n1.Fc1cc(Br)cc2cccnc12. The summed E-state index contributed by atoms with van der Waals surface area (Å²) in [5.74, 6) is -0.445. The molecule has 0 atom stereocenters. The summed E-state index contributed by atoms with van der Waals surface area (Å²) in [5, 5.41) is 11.1. The molecule has 0 unspecified atom stereocenters. The van der Waals surface area contributed by atoms with Crippen LogP contribution in [0.5, 0.6) is 0 Å². The Kier molecular flexibility index (Phi) is 18.6. The highest BCUT2D eigenvalue weighted by Gasteiger charge is 2.64. The van der Waals surface area contributed by atoms with Crippen molar-refractivity contribution in [2.75, 3.05) is 11.5 Å². The Labute approximate surface area is 523 Å². The van der Waals surface area contributed by atoms with Crippen molar-refractivity contribution in [2.24, 2.45) is 14.1 Å². The van der Waals surface area contributed by atoms with Crippen LogP contribution in [0.3, 0.4) is 0 Å². The lowest BCUT2D eigenvalue weighted by atomic mass is 9.49. The first-order valence-corrected chi connectivity index (χ1v) is 29.2. The highest BCUT2D eigenvalue weighted by Crippen LogP contribution is 2.43. The van der Waals surface area contributed by atoms with E-state index in [1.807, 2.05) is 134 Å². The van der Waals surface area contributed by atoms with Gasteiger partial charge in [0, 0.05) is 71.3 Å². The van der Waals surface area contributed by atoms with Gasteiger partial charge in [0.2, 0.25) is 0 Å². The second kappa shape index (κ2) is 25.2. The standard InChI is InChI=1S/C17H13FN6.C15H17BFNO2.C12H24B2O4.C9H5BrFN.C8H8ClN5/c1-24-6-4-13(23-24)17-16(21-9-14(19)22-17)11-7-10-3-2-5-20-15(10)12(18)8-11;1-14(2)15(3,4)20-16(19-14)11-8-10-6-5-7-18-13(10)12(17)9-11;1-9(2)10(3,4)16-13(15-9)14-17-11(5,6)12(7,8)18-14;10-7-4-6-2-1-3-12-9(6)8(11)5-7;1-14-3-2-5(13-14)7-8(9)11-4-6(10)12-7/h2-9H,1H3,(H2,19,22);5-9H,1-4H3;1-8H3;1-5H;2-4H,1H3,(H2,10,12). The molecule has 456 valence electrons. The van der Waals surface area contributed by atoms with Gasteiger partial charge in [-0.3, -0.25) is 29.3 Å². The van der Waals surface area contributed by atoms with E-state index in [1.54, 1.807) is 70.7 Å². The van der Waals surface area contributed by atoms with E-state index in [1.165, 1.54) is 30.6 Å². The molecule has 3 saturated heterocycles. The molecule has 3 aliphatic rings. The third-order valence-electron chi connectivity index (χ3n) is 16.0. The Hall–Kier alpha value is -7.42. The van der Waals surface area contributed by atoms with Gasteiger partial charge in [0.15, 0.2) is 11.0 Å². The highest BCUT2D eigenvalue weighted by molar-refractivity contribution is 9.10. The second-order valence-electron chi connectivity index (χ2n) is 24.1. The van der Waals surface area contributed by atoms with E-state index >= 15 is 0 Å². The highest BCUT2D eigenvalue weighted by atomic mass is 79.9. The second-order valence-corrected chi connectivity index (χ2v) is 25.4. The van der Waals surface area contributed by atoms with E-state index < -0.39 is 38.2 Å². The molecule has 3 aromatic carbocycles. The van der Waals surface area contributed by atoms with Gasteiger partial charge in [0.1, 0.15) is 62.6 Å². The van der Waals surface area contributed by atoms with Crippen LogP contribution in [-0.2, 0) is 42.0 Å². The lowest BCUT2D eigenvalue weighted by Gasteiger charge is -2.32. The average molecular weight is 1280 g/mol.